The third-order valence-electron chi connectivity index (χ3n) is 5.36. The fourth-order valence-electron chi connectivity index (χ4n) is 3.76. The van der Waals surface area contributed by atoms with E-state index in [1.54, 1.807) is 31.5 Å². The van der Waals surface area contributed by atoms with Gasteiger partial charge in [0.2, 0.25) is 6.79 Å². The van der Waals surface area contributed by atoms with E-state index < -0.39 is 0 Å². The quantitative estimate of drug-likeness (QED) is 0.520. The van der Waals surface area contributed by atoms with Gasteiger partial charge in [-0.1, -0.05) is 24.3 Å². The highest BCUT2D eigenvalue weighted by Gasteiger charge is 2.16. The molecule has 6 nitrogen and oxygen atoms in total. The molecule has 31 heavy (non-hydrogen) atoms. The summed E-state index contributed by atoms with van der Waals surface area (Å²) in [5, 5.41) is 5.05. The van der Waals surface area contributed by atoms with Crippen LogP contribution in [0.25, 0.3) is 21.9 Å². The van der Waals surface area contributed by atoms with Crippen molar-refractivity contribution >= 4 is 16.7 Å². The van der Waals surface area contributed by atoms with Crippen LogP contribution in [0.2, 0.25) is 0 Å². The third kappa shape index (κ3) is 3.64. The van der Waals surface area contributed by atoms with E-state index in [-0.39, 0.29) is 12.7 Å². The summed E-state index contributed by atoms with van der Waals surface area (Å²) in [6.07, 6.45) is 3.61. The Morgan fingerprint density at radius 2 is 1.94 bits per heavy atom. The molecule has 0 unspecified atom stereocenters. The topological polar surface area (TPSA) is 69.7 Å². The highest BCUT2D eigenvalue weighted by Crippen LogP contribution is 2.33. The van der Waals surface area contributed by atoms with Gasteiger partial charge in [0.1, 0.15) is 5.75 Å². The molecule has 0 fully saturated rings. The monoisotopic (exact) mass is 412 g/mol. The fraction of sp³-hybridized carbons (Fsp3) is 0.120. The van der Waals surface area contributed by atoms with Crippen LogP contribution in [0.3, 0.4) is 0 Å². The number of rotatable bonds is 5. The number of pyridine rings is 1. The molecule has 6 heteroatoms. The van der Waals surface area contributed by atoms with Crippen LogP contribution >= 0.6 is 0 Å². The van der Waals surface area contributed by atoms with Crippen molar-refractivity contribution in [3.63, 3.8) is 0 Å². The lowest BCUT2D eigenvalue weighted by atomic mass is 9.96. The van der Waals surface area contributed by atoms with Crippen LogP contribution in [0.4, 0.5) is 0 Å². The number of nitrogens with zero attached hydrogens (tertiary/aromatic N) is 1. The number of methoxy groups -OCH3 is 1. The van der Waals surface area contributed by atoms with E-state index in [9.17, 15) is 4.79 Å². The molecule has 1 aliphatic heterocycles. The molecular formula is C25H20N2O4. The van der Waals surface area contributed by atoms with Crippen LogP contribution in [0.1, 0.15) is 15.9 Å². The van der Waals surface area contributed by atoms with Crippen molar-refractivity contribution in [1.82, 2.24) is 10.3 Å². The van der Waals surface area contributed by atoms with Crippen molar-refractivity contribution in [1.29, 1.82) is 0 Å². The molecule has 4 aromatic rings. The van der Waals surface area contributed by atoms with Crippen molar-refractivity contribution in [3.8, 4) is 28.4 Å². The van der Waals surface area contributed by atoms with Crippen molar-refractivity contribution in [2.75, 3.05) is 13.9 Å². The van der Waals surface area contributed by atoms with Gasteiger partial charge >= 0.3 is 0 Å². The minimum Gasteiger partial charge on any atom is -0.497 e. The molecule has 1 N–H and O–H groups in total. The van der Waals surface area contributed by atoms with Crippen LogP contribution in [0, 0.1) is 0 Å². The average Bonchev–Trinajstić information content (AvgIpc) is 3.30. The Balaban J connectivity index is 1.42. The van der Waals surface area contributed by atoms with Gasteiger partial charge in [-0.05, 0) is 58.5 Å². The Morgan fingerprint density at radius 1 is 1.03 bits per heavy atom. The highest BCUT2D eigenvalue weighted by atomic mass is 16.7. The van der Waals surface area contributed by atoms with Gasteiger partial charge in [0.25, 0.3) is 5.91 Å². The average molecular weight is 412 g/mol. The number of ether oxygens (including phenoxy) is 3. The first-order chi connectivity index (χ1) is 15.2. The lowest BCUT2D eigenvalue weighted by Crippen LogP contribution is -2.22. The largest absolute Gasteiger partial charge is 0.497 e. The number of nitrogens with one attached hydrogen (secondary N) is 1. The molecule has 2 heterocycles. The molecule has 1 aromatic heterocycles. The molecule has 154 valence electrons. The van der Waals surface area contributed by atoms with Crippen molar-refractivity contribution < 1.29 is 19.0 Å². The van der Waals surface area contributed by atoms with Gasteiger partial charge in [0.15, 0.2) is 11.5 Å². The molecule has 0 atom stereocenters. The molecule has 1 aliphatic rings. The summed E-state index contributed by atoms with van der Waals surface area (Å²) in [7, 11) is 1.66. The zero-order chi connectivity index (χ0) is 21.2. The van der Waals surface area contributed by atoms with Crippen molar-refractivity contribution in [2.45, 2.75) is 6.54 Å². The van der Waals surface area contributed by atoms with Crippen LogP contribution in [-0.4, -0.2) is 24.8 Å². The maximum Gasteiger partial charge on any atom is 0.251 e. The SMILES string of the molecule is COc1cccc(-c2ccc(CNC(=O)c3ccc4c(c3)OCO4)c3cnccc23)c1. The molecule has 3 aromatic carbocycles. The van der Waals surface area contributed by atoms with Gasteiger partial charge in [-0.2, -0.15) is 0 Å². The van der Waals surface area contributed by atoms with Crippen molar-refractivity contribution in [2.24, 2.45) is 0 Å². The molecule has 0 aliphatic carbocycles. The van der Waals surface area contributed by atoms with Crippen LogP contribution in [0.15, 0.2) is 73.1 Å². The minimum absolute atomic E-state index is 0.174. The standard InChI is InChI=1S/C25H20N2O4/c1-29-19-4-2-3-16(11-19)20-7-5-18(22-14-26-10-9-21(20)22)13-27-25(28)17-6-8-23-24(12-17)31-15-30-23/h2-12,14H,13,15H2,1H3,(H,27,28). The maximum atomic E-state index is 12.7. The zero-order valence-corrected chi connectivity index (χ0v) is 16.9. The summed E-state index contributed by atoms with van der Waals surface area (Å²) < 4.78 is 16.0. The number of benzene rings is 3. The number of fused-ring (bicyclic) bond motifs is 2. The molecule has 0 radical (unpaired) electrons. The van der Waals surface area contributed by atoms with E-state index in [1.165, 1.54) is 0 Å². The van der Waals surface area contributed by atoms with E-state index in [0.717, 1.165) is 33.2 Å². The summed E-state index contributed by atoms with van der Waals surface area (Å²) in [4.78, 5) is 17.0. The Bertz CT molecular complexity index is 1290. The molecule has 0 saturated carbocycles. The number of aromatic nitrogens is 1. The third-order valence-corrected chi connectivity index (χ3v) is 5.36. The normalized spacial score (nSPS) is 12.0. The van der Waals surface area contributed by atoms with Crippen LogP contribution in [-0.2, 0) is 6.54 Å². The fourth-order valence-corrected chi connectivity index (χ4v) is 3.76. The lowest BCUT2D eigenvalue weighted by Gasteiger charge is -2.13. The summed E-state index contributed by atoms with van der Waals surface area (Å²) in [6.45, 7) is 0.562. The second-order valence-corrected chi connectivity index (χ2v) is 7.18. The van der Waals surface area contributed by atoms with Gasteiger partial charge in [0.05, 0.1) is 7.11 Å². The summed E-state index contributed by atoms with van der Waals surface area (Å²) in [6, 6.07) is 19.2. The molecular weight excluding hydrogens is 392 g/mol. The number of hydrogen-bond donors (Lipinski definition) is 1. The van der Waals surface area contributed by atoms with Gasteiger partial charge < -0.3 is 19.5 Å². The number of hydrogen-bond acceptors (Lipinski definition) is 5. The molecule has 0 bridgehead atoms. The first-order valence-electron chi connectivity index (χ1n) is 9.91. The predicted octanol–water partition coefficient (Wildman–Crippen LogP) is 4.57. The Hall–Kier alpha value is -4.06. The van der Waals surface area contributed by atoms with Gasteiger partial charge in [-0.3, -0.25) is 9.78 Å². The van der Waals surface area contributed by atoms with Crippen LogP contribution < -0.4 is 19.5 Å². The minimum atomic E-state index is -0.174. The predicted molar refractivity (Wildman–Crippen MR) is 117 cm³/mol. The zero-order valence-electron chi connectivity index (χ0n) is 16.9. The van der Waals surface area contributed by atoms with E-state index in [4.69, 9.17) is 14.2 Å². The smallest absolute Gasteiger partial charge is 0.251 e. The lowest BCUT2D eigenvalue weighted by molar-refractivity contribution is 0.0950. The number of carbonyl (C=O) groups excluding carboxylic acids is 1. The van der Waals surface area contributed by atoms with Gasteiger partial charge in [-0.25, -0.2) is 0 Å². The van der Waals surface area contributed by atoms with E-state index in [1.807, 2.05) is 36.5 Å². The van der Waals surface area contributed by atoms with E-state index in [2.05, 4.69) is 22.4 Å². The Labute approximate surface area is 179 Å². The summed E-state index contributed by atoms with van der Waals surface area (Å²) in [5.41, 5.74) is 3.66. The van der Waals surface area contributed by atoms with E-state index >= 15 is 0 Å². The Kier molecular flexibility index (Phi) is 4.88. The Morgan fingerprint density at radius 3 is 2.84 bits per heavy atom. The highest BCUT2D eigenvalue weighted by molar-refractivity contribution is 5.99. The maximum absolute atomic E-state index is 12.7. The first kappa shape index (κ1) is 18.9. The van der Waals surface area contributed by atoms with Gasteiger partial charge in [0, 0.05) is 29.9 Å². The number of carbonyl (C=O) groups is 1. The van der Waals surface area contributed by atoms with Crippen LogP contribution in [0.5, 0.6) is 17.2 Å². The summed E-state index contributed by atoms with van der Waals surface area (Å²) in [5.74, 6) is 1.87. The van der Waals surface area contributed by atoms with Crippen molar-refractivity contribution in [3.05, 3.63) is 84.2 Å². The number of amides is 1. The second kappa shape index (κ2) is 7.99. The molecule has 0 saturated heterocycles. The molecule has 5 rings (SSSR count). The summed E-state index contributed by atoms with van der Waals surface area (Å²) >= 11 is 0. The van der Waals surface area contributed by atoms with E-state index in [0.29, 0.717) is 23.6 Å². The van der Waals surface area contributed by atoms with Gasteiger partial charge in [-0.15, -0.1) is 0 Å². The first-order valence-corrected chi connectivity index (χ1v) is 9.91. The second-order valence-electron chi connectivity index (χ2n) is 7.18. The molecule has 1 amide bonds. The molecule has 0 spiro atoms.